The van der Waals surface area contributed by atoms with Gasteiger partial charge in [0.05, 0.1) is 12.3 Å². The van der Waals surface area contributed by atoms with Gasteiger partial charge in [-0.15, -0.1) is 0 Å². The van der Waals surface area contributed by atoms with E-state index in [1.54, 1.807) is 6.07 Å². The quantitative estimate of drug-likeness (QED) is 0.738. The number of nitrogens with one attached hydrogen (secondary N) is 2. The zero-order chi connectivity index (χ0) is 18.4. The Morgan fingerprint density at radius 2 is 2.08 bits per heavy atom. The molecule has 0 bridgehead atoms. The SMILES string of the molecule is N#Cc1cnc(NCCc2cccc(F)c2)nc1N[C@H]1CC[C@@H](O)CC1. The Hall–Kier alpha value is -2.72. The van der Waals surface area contributed by atoms with Crippen molar-refractivity contribution >= 4 is 11.8 Å². The van der Waals surface area contributed by atoms with Crippen molar-refractivity contribution < 1.29 is 9.50 Å². The summed E-state index contributed by atoms with van der Waals surface area (Å²) < 4.78 is 13.2. The third-order valence-corrected chi connectivity index (χ3v) is 4.53. The number of rotatable bonds is 6. The van der Waals surface area contributed by atoms with E-state index in [-0.39, 0.29) is 18.0 Å². The molecular weight excluding hydrogens is 333 g/mol. The molecule has 0 aliphatic heterocycles. The number of anilines is 2. The van der Waals surface area contributed by atoms with Gasteiger partial charge in [0.25, 0.3) is 0 Å². The van der Waals surface area contributed by atoms with Crippen molar-refractivity contribution in [3.8, 4) is 6.07 Å². The number of halogens is 1. The minimum absolute atomic E-state index is 0.195. The van der Waals surface area contributed by atoms with E-state index in [1.807, 2.05) is 6.07 Å². The van der Waals surface area contributed by atoms with Crippen LogP contribution in [0.5, 0.6) is 0 Å². The third kappa shape index (κ3) is 4.90. The molecule has 1 aliphatic rings. The van der Waals surface area contributed by atoms with Crippen molar-refractivity contribution in [1.29, 1.82) is 5.26 Å². The molecule has 0 amide bonds. The van der Waals surface area contributed by atoms with Crippen LogP contribution in [0.1, 0.15) is 36.8 Å². The Balaban J connectivity index is 1.60. The van der Waals surface area contributed by atoms with Crippen molar-refractivity contribution in [3.63, 3.8) is 0 Å². The lowest BCUT2D eigenvalue weighted by atomic mass is 9.93. The molecule has 1 aromatic carbocycles. The largest absolute Gasteiger partial charge is 0.393 e. The average molecular weight is 355 g/mol. The summed E-state index contributed by atoms with van der Waals surface area (Å²) in [5.41, 5.74) is 1.29. The Morgan fingerprint density at radius 3 is 2.81 bits per heavy atom. The molecule has 3 rings (SSSR count). The van der Waals surface area contributed by atoms with Crippen molar-refractivity contribution in [2.45, 2.75) is 44.2 Å². The molecule has 1 fully saturated rings. The van der Waals surface area contributed by atoms with Gasteiger partial charge in [-0.3, -0.25) is 0 Å². The standard InChI is InChI=1S/C19H22FN5O/c20-15-3-1-2-13(10-15)8-9-22-19-23-12-14(11-21)18(25-19)24-16-4-6-17(26)7-5-16/h1-3,10,12,16-17,26H,4-9H2,(H2,22,23,24,25)/t16-,17+. The highest BCUT2D eigenvalue weighted by molar-refractivity contribution is 5.54. The van der Waals surface area contributed by atoms with E-state index in [2.05, 4.69) is 26.7 Å². The van der Waals surface area contributed by atoms with Gasteiger partial charge < -0.3 is 15.7 Å². The first-order valence-electron chi connectivity index (χ1n) is 8.84. The highest BCUT2D eigenvalue weighted by Gasteiger charge is 2.20. The van der Waals surface area contributed by atoms with Crippen LogP contribution in [0.2, 0.25) is 0 Å². The molecule has 1 saturated carbocycles. The van der Waals surface area contributed by atoms with Gasteiger partial charge >= 0.3 is 0 Å². The molecule has 1 heterocycles. The zero-order valence-electron chi connectivity index (χ0n) is 14.5. The van der Waals surface area contributed by atoms with Gasteiger partial charge in [0.15, 0.2) is 0 Å². The minimum Gasteiger partial charge on any atom is -0.393 e. The minimum atomic E-state index is -0.249. The Bertz CT molecular complexity index is 784. The van der Waals surface area contributed by atoms with Gasteiger partial charge in [-0.1, -0.05) is 12.1 Å². The van der Waals surface area contributed by atoms with Gasteiger partial charge in [-0.25, -0.2) is 9.37 Å². The second kappa shape index (κ2) is 8.59. The number of nitrogens with zero attached hydrogens (tertiary/aromatic N) is 3. The van der Waals surface area contributed by atoms with E-state index in [9.17, 15) is 14.8 Å². The third-order valence-electron chi connectivity index (χ3n) is 4.53. The van der Waals surface area contributed by atoms with Crippen LogP contribution in [-0.2, 0) is 6.42 Å². The van der Waals surface area contributed by atoms with Crippen LogP contribution in [0, 0.1) is 17.1 Å². The van der Waals surface area contributed by atoms with E-state index < -0.39 is 0 Å². The number of aromatic nitrogens is 2. The molecule has 1 aromatic heterocycles. The van der Waals surface area contributed by atoms with E-state index in [0.717, 1.165) is 31.2 Å². The fourth-order valence-corrected chi connectivity index (χ4v) is 3.08. The highest BCUT2D eigenvalue weighted by Crippen LogP contribution is 2.23. The van der Waals surface area contributed by atoms with Crippen molar-refractivity contribution in [3.05, 3.63) is 47.4 Å². The van der Waals surface area contributed by atoms with Crippen LogP contribution in [0.25, 0.3) is 0 Å². The molecule has 0 unspecified atom stereocenters. The van der Waals surface area contributed by atoms with E-state index >= 15 is 0 Å². The summed E-state index contributed by atoms with van der Waals surface area (Å²) >= 11 is 0. The maximum Gasteiger partial charge on any atom is 0.224 e. The predicted molar refractivity (Wildman–Crippen MR) is 97.2 cm³/mol. The summed E-state index contributed by atoms with van der Waals surface area (Å²) in [5.74, 6) is 0.692. The molecule has 136 valence electrons. The fraction of sp³-hybridized carbons (Fsp3) is 0.421. The molecule has 2 aromatic rings. The maximum absolute atomic E-state index is 13.2. The van der Waals surface area contributed by atoms with Gasteiger partial charge in [0.2, 0.25) is 5.95 Å². The lowest BCUT2D eigenvalue weighted by Gasteiger charge is -2.26. The first-order valence-corrected chi connectivity index (χ1v) is 8.84. The molecule has 0 saturated heterocycles. The molecule has 6 nitrogen and oxygen atoms in total. The average Bonchev–Trinajstić information content (AvgIpc) is 2.64. The van der Waals surface area contributed by atoms with E-state index in [0.29, 0.717) is 30.3 Å². The van der Waals surface area contributed by atoms with Crippen LogP contribution in [0.15, 0.2) is 30.5 Å². The van der Waals surface area contributed by atoms with Gasteiger partial charge in [-0.2, -0.15) is 10.2 Å². The summed E-state index contributed by atoms with van der Waals surface area (Å²) in [5, 5.41) is 25.3. The monoisotopic (exact) mass is 355 g/mol. The summed E-state index contributed by atoms with van der Waals surface area (Å²) in [6.07, 6.45) is 5.11. The van der Waals surface area contributed by atoms with Crippen LogP contribution in [0.4, 0.5) is 16.2 Å². The summed E-state index contributed by atoms with van der Waals surface area (Å²) in [7, 11) is 0. The lowest BCUT2D eigenvalue weighted by molar-refractivity contribution is 0.126. The van der Waals surface area contributed by atoms with Gasteiger partial charge in [-0.05, 0) is 49.8 Å². The number of benzene rings is 1. The highest BCUT2D eigenvalue weighted by atomic mass is 19.1. The number of aliphatic hydroxyl groups is 1. The van der Waals surface area contributed by atoms with Crippen molar-refractivity contribution in [2.75, 3.05) is 17.2 Å². The molecule has 7 heteroatoms. The van der Waals surface area contributed by atoms with E-state index in [4.69, 9.17) is 0 Å². The molecule has 1 aliphatic carbocycles. The maximum atomic E-state index is 13.2. The van der Waals surface area contributed by atoms with E-state index in [1.165, 1.54) is 18.3 Å². The molecule has 26 heavy (non-hydrogen) atoms. The van der Waals surface area contributed by atoms with Crippen LogP contribution in [0.3, 0.4) is 0 Å². The number of nitriles is 1. The first-order chi connectivity index (χ1) is 12.6. The van der Waals surface area contributed by atoms with Crippen LogP contribution >= 0.6 is 0 Å². The van der Waals surface area contributed by atoms with Gasteiger partial charge in [0, 0.05) is 12.6 Å². The summed E-state index contributed by atoms with van der Waals surface area (Å²) in [4.78, 5) is 8.58. The number of aliphatic hydroxyl groups excluding tert-OH is 1. The number of hydrogen-bond donors (Lipinski definition) is 3. The van der Waals surface area contributed by atoms with Crippen molar-refractivity contribution in [2.24, 2.45) is 0 Å². The van der Waals surface area contributed by atoms with Crippen molar-refractivity contribution in [1.82, 2.24) is 9.97 Å². The molecule has 0 radical (unpaired) electrons. The first kappa shape index (κ1) is 18.1. The second-order valence-corrected chi connectivity index (χ2v) is 6.52. The Kier molecular flexibility index (Phi) is 5.97. The van der Waals surface area contributed by atoms with Gasteiger partial charge in [0.1, 0.15) is 23.3 Å². The number of hydrogen-bond acceptors (Lipinski definition) is 6. The summed E-state index contributed by atoms with van der Waals surface area (Å²) in [6, 6.07) is 8.78. The Morgan fingerprint density at radius 1 is 1.27 bits per heavy atom. The normalized spacial score (nSPS) is 19.6. The predicted octanol–water partition coefficient (Wildman–Crippen LogP) is 2.86. The molecule has 3 N–H and O–H groups in total. The molecule has 0 spiro atoms. The topological polar surface area (TPSA) is 93.9 Å². The fourth-order valence-electron chi connectivity index (χ4n) is 3.08. The zero-order valence-corrected chi connectivity index (χ0v) is 14.5. The second-order valence-electron chi connectivity index (χ2n) is 6.52. The molecular formula is C19H22FN5O. The summed E-state index contributed by atoms with van der Waals surface area (Å²) in [6.45, 7) is 0.560. The van der Waals surface area contributed by atoms with Crippen LogP contribution in [-0.4, -0.2) is 33.8 Å². The lowest BCUT2D eigenvalue weighted by Crippen LogP contribution is -2.29. The van der Waals surface area contributed by atoms with Crippen LogP contribution < -0.4 is 10.6 Å². The smallest absolute Gasteiger partial charge is 0.224 e. The molecule has 0 atom stereocenters. The Labute approximate surface area is 152 Å².